The highest BCUT2D eigenvalue weighted by molar-refractivity contribution is 5.94. The number of halogens is 1. The van der Waals surface area contributed by atoms with Gasteiger partial charge in [0.1, 0.15) is 11.6 Å². The van der Waals surface area contributed by atoms with Crippen molar-refractivity contribution >= 4 is 17.8 Å². The van der Waals surface area contributed by atoms with Gasteiger partial charge in [0.05, 0.1) is 0 Å². The van der Waals surface area contributed by atoms with E-state index in [1.165, 1.54) is 31.2 Å². The first-order valence-corrected chi connectivity index (χ1v) is 6.31. The van der Waals surface area contributed by atoms with E-state index in [9.17, 15) is 14.0 Å². The first-order valence-electron chi connectivity index (χ1n) is 6.31. The van der Waals surface area contributed by atoms with E-state index >= 15 is 0 Å². The lowest BCUT2D eigenvalue weighted by atomic mass is 10.1. The molecule has 0 bridgehead atoms. The Morgan fingerprint density at radius 2 is 1.71 bits per heavy atom. The number of rotatable bonds is 4. The van der Waals surface area contributed by atoms with Crippen molar-refractivity contribution < 1.29 is 18.7 Å². The molecule has 0 N–H and O–H groups in total. The van der Waals surface area contributed by atoms with Crippen LogP contribution >= 0.6 is 0 Å². The summed E-state index contributed by atoms with van der Waals surface area (Å²) in [6, 6.07) is 12.3. The molecule has 4 heteroatoms. The van der Waals surface area contributed by atoms with Crippen LogP contribution in [0.5, 0.6) is 5.75 Å². The number of carbonyl (C=O) groups excluding carboxylic acids is 2. The second kappa shape index (κ2) is 6.61. The quantitative estimate of drug-likeness (QED) is 0.372. The molecule has 0 amide bonds. The molecule has 0 saturated heterocycles. The van der Waals surface area contributed by atoms with Crippen LogP contribution in [-0.2, 0) is 4.79 Å². The minimum absolute atomic E-state index is 0.0627. The third-order valence-electron chi connectivity index (χ3n) is 2.78. The van der Waals surface area contributed by atoms with E-state index < -0.39 is 11.8 Å². The topological polar surface area (TPSA) is 43.4 Å². The SMILES string of the molecule is CC(=O)c1ccc(OC(=O)/C=C/c2ccccc2F)cc1. The molecule has 21 heavy (non-hydrogen) atoms. The van der Waals surface area contributed by atoms with E-state index in [1.54, 1.807) is 30.3 Å². The summed E-state index contributed by atoms with van der Waals surface area (Å²) in [5, 5.41) is 0. The fourth-order valence-corrected chi connectivity index (χ4v) is 1.68. The van der Waals surface area contributed by atoms with Gasteiger partial charge in [0.15, 0.2) is 5.78 Å². The van der Waals surface area contributed by atoms with Gasteiger partial charge in [-0.25, -0.2) is 9.18 Å². The molecule has 106 valence electrons. The molecule has 0 aliphatic carbocycles. The Labute approximate surface area is 121 Å². The smallest absolute Gasteiger partial charge is 0.336 e. The number of hydrogen-bond donors (Lipinski definition) is 0. The van der Waals surface area contributed by atoms with Gasteiger partial charge in [-0.1, -0.05) is 18.2 Å². The number of Topliss-reactive ketones (excluding diaryl/α,β-unsaturated/α-hetero) is 1. The highest BCUT2D eigenvalue weighted by Crippen LogP contribution is 2.13. The van der Waals surface area contributed by atoms with Crippen LogP contribution in [0.25, 0.3) is 6.08 Å². The summed E-state index contributed by atoms with van der Waals surface area (Å²) in [6.45, 7) is 1.46. The van der Waals surface area contributed by atoms with E-state index in [1.807, 2.05) is 0 Å². The maximum atomic E-state index is 13.4. The lowest BCUT2D eigenvalue weighted by Crippen LogP contribution is -2.04. The van der Waals surface area contributed by atoms with Crippen LogP contribution < -0.4 is 4.74 Å². The summed E-state index contributed by atoms with van der Waals surface area (Å²) in [7, 11) is 0. The number of esters is 1. The standard InChI is InChI=1S/C17H13FO3/c1-12(19)13-6-9-15(10-7-13)21-17(20)11-8-14-4-2-3-5-16(14)18/h2-11H,1H3/b11-8+. The minimum atomic E-state index is -0.617. The van der Waals surface area contributed by atoms with Gasteiger partial charge in [-0.15, -0.1) is 0 Å². The predicted molar refractivity (Wildman–Crippen MR) is 77.5 cm³/mol. The Bertz CT molecular complexity index is 687. The number of ether oxygens (including phenoxy) is 1. The highest BCUT2D eigenvalue weighted by atomic mass is 19.1. The van der Waals surface area contributed by atoms with Crippen molar-refractivity contribution in [2.45, 2.75) is 6.92 Å². The van der Waals surface area contributed by atoms with Crippen molar-refractivity contribution in [3.63, 3.8) is 0 Å². The van der Waals surface area contributed by atoms with Crippen molar-refractivity contribution in [2.75, 3.05) is 0 Å². The molecule has 0 aromatic heterocycles. The second-order valence-electron chi connectivity index (χ2n) is 4.36. The lowest BCUT2D eigenvalue weighted by Gasteiger charge is -2.02. The monoisotopic (exact) mass is 284 g/mol. The number of benzene rings is 2. The van der Waals surface area contributed by atoms with E-state index in [0.717, 1.165) is 6.08 Å². The molecule has 2 rings (SSSR count). The predicted octanol–water partition coefficient (Wildman–Crippen LogP) is 3.65. The van der Waals surface area contributed by atoms with Crippen LogP contribution in [0.3, 0.4) is 0 Å². The largest absolute Gasteiger partial charge is 0.423 e. The molecule has 0 heterocycles. The van der Waals surface area contributed by atoms with Gasteiger partial charge in [-0.3, -0.25) is 4.79 Å². The third-order valence-corrected chi connectivity index (χ3v) is 2.78. The first-order chi connectivity index (χ1) is 10.1. The highest BCUT2D eigenvalue weighted by Gasteiger charge is 2.03. The van der Waals surface area contributed by atoms with Crippen LogP contribution in [0, 0.1) is 5.82 Å². The molecular formula is C17H13FO3. The number of ketones is 1. The third kappa shape index (κ3) is 4.11. The van der Waals surface area contributed by atoms with Crippen molar-refractivity contribution in [3.8, 4) is 5.75 Å². The van der Waals surface area contributed by atoms with Crippen molar-refractivity contribution in [2.24, 2.45) is 0 Å². The molecule has 0 radical (unpaired) electrons. The second-order valence-corrected chi connectivity index (χ2v) is 4.36. The van der Waals surface area contributed by atoms with Crippen LogP contribution in [0.4, 0.5) is 4.39 Å². The Hall–Kier alpha value is -2.75. The summed E-state index contributed by atoms with van der Waals surface area (Å²) < 4.78 is 18.4. The number of carbonyl (C=O) groups is 2. The van der Waals surface area contributed by atoms with Crippen molar-refractivity contribution in [1.82, 2.24) is 0 Å². The minimum Gasteiger partial charge on any atom is -0.423 e. The molecule has 3 nitrogen and oxygen atoms in total. The fraction of sp³-hybridized carbons (Fsp3) is 0.0588. The van der Waals surface area contributed by atoms with Gasteiger partial charge < -0.3 is 4.74 Å². The van der Waals surface area contributed by atoms with Crippen LogP contribution in [-0.4, -0.2) is 11.8 Å². The molecule has 0 spiro atoms. The normalized spacial score (nSPS) is 10.6. The molecule has 2 aromatic rings. The zero-order valence-electron chi connectivity index (χ0n) is 11.4. The van der Waals surface area contributed by atoms with Crippen LogP contribution in [0.15, 0.2) is 54.6 Å². The van der Waals surface area contributed by atoms with Gasteiger partial charge in [-0.05, 0) is 43.3 Å². The van der Waals surface area contributed by atoms with Gasteiger partial charge >= 0.3 is 5.97 Å². The van der Waals surface area contributed by atoms with E-state index in [0.29, 0.717) is 16.9 Å². The molecule has 2 aromatic carbocycles. The molecular weight excluding hydrogens is 271 g/mol. The zero-order valence-corrected chi connectivity index (χ0v) is 11.4. The van der Waals surface area contributed by atoms with Crippen molar-refractivity contribution in [3.05, 3.63) is 71.6 Å². The van der Waals surface area contributed by atoms with Gasteiger partial charge in [-0.2, -0.15) is 0 Å². The Morgan fingerprint density at radius 3 is 2.33 bits per heavy atom. The maximum absolute atomic E-state index is 13.4. The Kier molecular flexibility index (Phi) is 4.61. The van der Waals surface area contributed by atoms with Gasteiger partial charge in [0.25, 0.3) is 0 Å². The summed E-state index contributed by atoms with van der Waals surface area (Å²) in [5.74, 6) is -0.767. The summed E-state index contributed by atoms with van der Waals surface area (Å²) >= 11 is 0. The maximum Gasteiger partial charge on any atom is 0.336 e. The number of hydrogen-bond acceptors (Lipinski definition) is 3. The average Bonchev–Trinajstić information content (AvgIpc) is 2.47. The Balaban J connectivity index is 2.02. The molecule has 0 aliphatic rings. The molecule has 0 fully saturated rings. The lowest BCUT2D eigenvalue weighted by molar-refractivity contribution is -0.128. The molecule has 0 atom stereocenters. The molecule has 0 saturated carbocycles. The summed E-state index contributed by atoms with van der Waals surface area (Å²) in [4.78, 5) is 22.7. The summed E-state index contributed by atoms with van der Waals surface area (Å²) in [5.41, 5.74) is 0.845. The van der Waals surface area contributed by atoms with Gasteiger partial charge in [0.2, 0.25) is 0 Å². The van der Waals surface area contributed by atoms with E-state index in [-0.39, 0.29) is 5.78 Å². The first kappa shape index (κ1) is 14.7. The Morgan fingerprint density at radius 1 is 1.05 bits per heavy atom. The fourth-order valence-electron chi connectivity index (χ4n) is 1.68. The van der Waals surface area contributed by atoms with Crippen molar-refractivity contribution in [1.29, 1.82) is 0 Å². The molecule has 0 aliphatic heterocycles. The van der Waals surface area contributed by atoms with E-state index in [2.05, 4.69) is 0 Å². The average molecular weight is 284 g/mol. The van der Waals surface area contributed by atoms with Crippen LogP contribution in [0.1, 0.15) is 22.8 Å². The van der Waals surface area contributed by atoms with E-state index in [4.69, 9.17) is 4.74 Å². The van der Waals surface area contributed by atoms with Gasteiger partial charge in [0, 0.05) is 17.2 Å². The van der Waals surface area contributed by atoms with Crippen LogP contribution in [0.2, 0.25) is 0 Å². The molecule has 0 unspecified atom stereocenters. The zero-order chi connectivity index (χ0) is 15.2. The summed E-state index contributed by atoms with van der Waals surface area (Å²) in [6.07, 6.45) is 2.50.